The highest BCUT2D eigenvalue weighted by Gasteiger charge is 2.20. The van der Waals surface area contributed by atoms with Gasteiger partial charge in [-0.05, 0) is 44.0 Å². The number of fused-ring (bicyclic) bond motifs is 2. The molecule has 1 aromatic carbocycles. The minimum Gasteiger partial charge on any atom is -0.390 e. The van der Waals surface area contributed by atoms with Crippen LogP contribution in [-0.4, -0.2) is 48.3 Å². The number of hydrogen-bond donors (Lipinski definition) is 1. The van der Waals surface area contributed by atoms with Crippen molar-refractivity contribution in [1.82, 2.24) is 24.0 Å². The molecule has 0 spiro atoms. The van der Waals surface area contributed by atoms with Crippen LogP contribution in [0.1, 0.15) is 22.6 Å². The second-order valence-corrected chi connectivity index (χ2v) is 7.20. The van der Waals surface area contributed by atoms with Crippen LogP contribution in [0.2, 0.25) is 0 Å². The Kier molecular flexibility index (Phi) is 4.09. The molecular formula is C19H25N5O. The number of rotatable bonds is 4. The van der Waals surface area contributed by atoms with E-state index in [-0.39, 0.29) is 0 Å². The van der Waals surface area contributed by atoms with Gasteiger partial charge in [0.1, 0.15) is 5.82 Å². The van der Waals surface area contributed by atoms with Crippen LogP contribution in [0.25, 0.3) is 11.0 Å². The second-order valence-electron chi connectivity index (χ2n) is 7.20. The fourth-order valence-corrected chi connectivity index (χ4v) is 3.64. The van der Waals surface area contributed by atoms with E-state index < -0.39 is 6.10 Å². The molecule has 4 rings (SSSR count). The third kappa shape index (κ3) is 3.19. The molecule has 3 aromatic rings. The van der Waals surface area contributed by atoms with Gasteiger partial charge in [-0.25, -0.2) is 9.97 Å². The minimum atomic E-state index is -0.429. The summed E-state index contributed by atoms with van der Waals surface area (Å²) in [5.41, 5.74) is 5.64. The standard InChI is InChI=1S/C19H25N5O/c1-13-6-17-18(7-14(13)2)24(12-20-17)10-16(25)9-22-4-5-23-8-15(3)21-19(23)11-22/h6-8,12,16,25H,4-5,9-11H2,1-3H3. The number of imidazole rings is 2. The zero-order chi connectivity index (χ0) is 17.6. The van der Waals surface area contributed by atoms with Crippen molar-refractivity contribution in [3.05, 3.63) is 47.3 Å². The summed E-state index contributed by atoms with van der Waals surface area (Å²) in [5, 5.41) is 10.6. The van der Waals surface area contributed by atoms with E-state index in [0.717, 1.165) is 42.2 Å². The molecule has 0 saturated carbocycles. The van der Waals surface area contributed by atoms with E-state index in [4.69, 9.17) is 0 Å². The Labute approximate surface area is 147 Å². The molecule has 3 heterocycles. The average Bonchev–Trinajstić information content (AvgIpc) is 3.10. The van der Waals surface area contributed by atoms with Gasteiger partial charge < -0.3 is 14.2 Å². The lowest BCUT2D eigenvalue weighted by atomic mass is 10.1. The van der Waals surface area contributed by atoms with Crippen molar-refractivity contribution in [1.29, 1.82) is 0 Å². The summed E-state index contributed by atoms with van der Waals surface area (Å²) in [6, 6.07) is 4.27. The Hall–Kier alpha value is -2.18. The third-order valence-electron chi connectivity index (χ3n) is 5.11. The molecule has 0 fully saturated rings. The molecule has 2 aromatic heterocycles. The molecule has 0 amide bonds. The number of aromatic nitrogens is 4. The Balaban J connectivity index is 1.44. The molecule has 1 atom stereocenters. The summed E-state index contributed by atoms with van der Waals surface area (Å²) in [6.45, 7) is 10.1. The van der Waals surface area contributed by atoms with Gasteiger partial charge in [0.15, 0.2) is 0 Å². The first-order valence-corrected chi connectivity index (χ1v) is 8.85. The van der Waals surface area contributed by atoms with Crippen molar-refractivity contribution in [3.63, 3.8) is 0 Å². The smallest absolute Gasteiger partial charge is 0.123 e. The van der Waals surface area contributed by atoms with Crippen molar-refractivity contribution < 1.29 is 5.11 Å². The molecule has 0 bridgehead atoms. The van der Waals surface area contributed by atoms with E-state index in [1.165, 1.54) is 11.1 Å². The molecule has 0 radical (unpaired) electrons. The molecular weight excluding hydrogens is 314 g/mol. The summed E-state index contributed by atoms with van der Waals surface area (Å²) in [6.07, 6.45) is 3.51. The Morgan fingerprint density at radius 1 is 1.12 bits per heavy atom. The van der Waals surface area contributed by atoms with E-state index in [1.807, 2.05) is 13.3 Å². The molecule has 132 valence electrons. The van der Waals surface area contributed by atoms with E-state index in [0.29, 0.717) is 13.1 Å². The molecule has 0 saturated heterocycles. The van der Waals surface area contributed by atoms with E-state index >= 15 is 0 Å². The van der Waals surface area contributed by atoms with Gasteiger partial charge >= 0.3 is 0 Å². The maximum Gasteiger partial charge on any atom is 0.123 e. The molecule has 1 aliphatic heterocycles. The molecule has 1 unspecified atom stereocenters. The zero-order valence-corrected chi connectivity index (χ0v) is 15.1. The van der Waals surface area contributed by atoms with Gasteiger partial charge in [-0.2, -0.15) is 0 Å². The van der Waals surface area contributed by atoms with Crippen molar-refractivity contribution in [2.75, 3.05) is 13.1 Å². The minimum absolute atomic E-state index is 0.429. The van der Waals surface area contributed by atoms with E-state index in [9.17, 15) is 5.11 Å². The zero-order valence-electron chi connectivity index (χ0n) is 15.1. The van der Waals surface area contributed by atoms with Crippen LogP contribution in [0.4, 0.5) is 0 Å². The Morgan fingerprint density at radius 3 is 2.76 bits per heavy atom. The van der Waals surface area contributed by atoms with Gasteiger partial charge in [0.05, 0.1) is 42.2 Å². The van der Waals surface area contributed by atoms with Crippen molar-refractivity contribution >= 4 is 11.0 Å². The summed E-state index contributed by atoms with van der Waals surface area (Å²) in [7, 11) is 0. The topological polar surface area (TPSA) is 59.1 Å². The third-order valence-corrected chi connectivity index (χ3v) is 5.11. The molecule has 25 heavy (non-hydrogen) atoms. The number of nitrogens with zero attached hydrogens (tertiary/aromatic N) is 5. The van der Waals surface area contributed by atoms with Gasteiger partial charge in [-0.3, -0.25) is 4.90 Å². The van der Waals surface area contributed by atoms with Crippen LogP contribution in [-0.2, 0) is 19.6 Å². The second kappa shape index (κ2) is 6.28. The number of aliphatic hydroxyl groups is 1. The van der Waals surface area contributed by atoms with Crippen LogP contribution < -0.4 is 0 Å². The molecule has 0 aliphatic carbocycles. The SMILES string of the molecule is Cc1cn2c(n1)CN(CC(O)Cn1cnc3cc(C)c(C)cc31)CC2. The average molecular weight is 339 g/mol. The molecule has 1 aliphatic rings. The number of benzene rings is 1. The first-order chi connectivity index (χ1) is 12.0. The highest BCUT2D eigenvalue weighted by molar-refractivity contribution is 5.77. The first kappa shape index (κ1) is 16.3. The highest BCUT2D eigenvalue weighted by atomic mass is 16.3. The van der Waals surface area contributed by atoms with E-state index in [2.05, 4.69) is 56.2 Å². The summed E-state index contributed by atoms with van der Waals surface area (Å²) in [4.78, 5) is 11.3. The van der Waals surface area contributed by atoms with Crippen molar-refractivity contribution in [3.8, 4) is 0 Å². The van der Waals surface area contributed by atoms with Crippen LogP contribution in [0.3, 0.4) is 0 Å². The fraction of sp³-hybridized carbons (Fsp3) is 0.474. The number of aryl methyl sites for hydroxylation is 3. The maximum absolute atomic E-state index is 10.6. The summed E-state index contributed by atoms with van der Waals surface area (Å²) >= 11 is 0. The number of aliphatic hydroxyl groups excluding tert-OH is 1. The normalized spacial score (nSPS) is 16.3. The number of hydrogen-bond acceptors (Lipinski definition) is 4. The largest absolute Gasteiger partial charge is 0.390 e. The van der Waals surface area contributed by atoms with Gasteiger partial charge in [0, 0.05) is 25.8 Å². The van der Waals surface area contributed by atoms with Gasteiger partial charge in [0.25, 0.3) is 0 Å². The highest BCUT2D eigenvalue weighted by Crippen LogP contribution is 2.19. The van der Waals surface area contributed by atoms with E-state index in [1.54, 1.807) is 0 Å². The number of β-amino-alcohol motifs (C(OH)–C–C–N with tert-alkyl or cyclic N) is 1. The lowest BCUT2D eigenvalue weighted by Gasteiger charge is -2.29. The van der Waals surface area contributed by atoms with Crippen molar-refractivity contribution in [2.24, 2.45) is 0 Å². The van der Waals surface area contributed by atoms with Gasteiger partial charge in [-0.1, -0.05) is 0 Å². The first-order valence-electron chi connectivity index (χ1n) is 8.85. The maximum atomic E-state index is 10.6. The van der Waals surface area contributed by atoms with Gasteiger partial charge in [-0.15, -0.1) is 0 Å². The lowest BCUT2D eigenvalue weighted by molar-refractivity contribution is 0.0845. The van der Waals surface area contributed by atoms with Crippen LogP contribution >= 0.6 is 0 Å². The van der Waals surface area contributed by atoms with Crippen LogP contribution in [0.15, 0.2) is 24.7 Å². The van der Waals surface area contributed by atoms with Crippen molar-refractivity contribution in [2.45, 2.75) is 46.5 Å². The van der Waals surface area contributed by atoms with Gasteiger partial charge in [0.2, 0.25) is 0 Å². The molecule has 6 heteroatoms. The summed E-state index contributed by atoms with van der Waals surface area (Å²) in [5.74, 6) is 1.09. The fourth-order valence-electron chi connectivity index (χ4n) is 3.64. The predicted molar refractivity (Wildman–Crippen MR) is 97.5 cm³/mol. The van der Waals surface area contributed by atoms with Crippen LogP contribution in [0, 0.1) is 20.8 Å². The molecule has 6 nitrogen and oxygen atoms in total. The monoisotopic (exact) mass is 339 g/mol. The predicted octanol–water partition coefficient (Wildman–Crippen LogP) is 2.03. The molecule has 1 N–H and O–H groups in total. The summed E-state index contributed by atoms with van der Waals surface area (Å²) < 4.78 is 4.27. The van der Waals surface area contributed by atoms with Crippen LogP contribution in [0.5, 0.6) is 0 Å². The Morgan fingerprint density at radius 2 is 1.92 bits per heavy atom. The Bertz CT molecular complexity index is 910. The lowest BCUT2D eigenvalue weighted by Crippen LogP contribution is -2.39. The quantitative estimate of drug-likeness (QED) is 0.790.